The van der Waals surface area contributed by atoms with Crippen LogP contribution in [-0.2, 0) is 36.8 Å². The zero-order chi connectivity index (χ0) is 34.6. The quantitative estimate of drug-likeness (QED) is 0.0381. The van der Waals surface area contributed by atoms with Crippen LogP contribution in [0.5, 0.6) is 0 Å². The highest BCUT2D eigenvalue weighted by Gasteiger charge is 2.26. The topological polar surface area (TPSA) is 276 Å². The molecular weight excluding hydrogens is 620 g/mol. The summed E-state index contributed by atoms with van der Waals surface area (Å²) in [7, 11) is 0. The molecule has 0 spiro atoms. The van der Waals surface area contributed by atoms with E-state index in [0.717, 1.165) is 27.4 Å². The molecule has 13 N–H and O–H groups in total. The normalized spacial score (nSPS) is 12.9. The van der Waals surface area contributed by atoms with Crippen molar-refractivity contribution in [2.24, 2.45) is 22.2 Å². The molecule has 0 fully saturated rings. The molecule has 0 radical (unpaired) electrons. The van der Waals surface area contributed by atoms with Crippen molar-refractivity contribution in [2.45, 2.75) is 43.8 Å². The molecule has 4 amide bonds. The lowest BCUT2D eigenvalue weighted by Gasteiger charge is -2.21. The molecule has 0 aliphatic heterocycles. The number of nitrogens with one attached hydrogen (secondary N) is 6. The fourth-order valence-electron chi connectivity index (χ4n) is 5.16. The van der Waals surface area contributed by atoms with Gasteiger partial charge in [0.2, 0.25) is 23.6 Å². The van der Waals surface area contributed by atoms with Crippen LogP contribution in [0.25, 0.3) is 21.8 Å². The van der Waals surface area contributed by atoms with Gasteiger partial charge in [0.25, 0.3) is 0 Å². The highest BCUT2D eigenvalue weighted by Crippen LogP contribution is 2.20. The van der Waals surface area contributed by atoms with Gasteiger partial charge in [-0.3, -0.25) is 24.2 Å². The van der Waals surface area contributed by atoms with Gasteiger partial charge in [-0.1, -0.05) is 36.4 Å². The Labute approximate surface area is 275 Å². The molecular formula is C32H40N10O6. The van der Waals surface area contributed by atoms with Crippen molar-refractivity contribution >= 4 is 57.4 Å². The number of hydrogen-bond donors (Lipinski definition) is 10. The van der Waals surface area contributed by atoms with E-state index in [-0.39, 0.29) is 31.8 Å². The van der Waals surface area contributed by atoms with Crippen molar-refractivity contribution in [2.75, 3.05) is 19.6 Å². The van der Waals surface area contributed by atoms with Crippen molar-refractivity contribution < 1.29 is 29.1 Å². The molecule has 48 heavy (non-hydrogen) atoms. The molecule has 0 aliphatic rings. The van der Waals surface area contributed by atoms with E-state index in [9.17, 15) is 29.1 Å². The van der Waals surface area contributed by atoms with E-state index in [0.29, 0.717) is 12.0 Å². The van der Waals surface area contributed by atoms with Crippen LogP contribution in [0.2, 0.25) is 0 Å². The molecule has 2 aromatic heterocycles. The minimum atomic E-state index is -1.24. The second-order valence-electron chi connectivity index (χ2n) is 11.2. The molecule has 16 heteroatoms. The van der Waals surface area contributed by atoms with E-state index in [4.69, 9.17) is 17.2 Å². The highest BCUT2D eigenvalue weighted by atomic mass is 16.4. The van der Waals surface area contributed by atoms with Crippen LogP contribution >= 0.6 is 0 Å². The minimum Gasteiger partial charge on any atom is -0.480 e. The molecule has 4 rings (SSSR count). The smallest absolute Gasteiger partial charge is 0.326 e. The number of carbonyl (C=O) groups excluding carboxylic acids is 4. The number of rotatable bonds is 17. The Bertz CT molecular complexity index is 1790. The Balaban J connectivity index is 1.31. The van der Waals surface area contributed by atoms with Crippen LogP contribution in [0.1, 0.15) is 24.0 Å². The number of aromatic amines is 2. The summed E-state index contributed by atoms with van der Waals surface area (Å²) >= 11 is 0. The third-order valence-corrected chi connectivity index (χ3v) is 7.64. The molecule has 0 unspecified atom stereocenters. The van der Waals surface area contributed by atoms with Gasteiger partial charge in [-0.05, 0) is 36.1 Å². The van der Waals surface area contributed by atoms with Crippen molar-refractivity contribution in [1.82, 2.24) is 31.2 Å². The second-order valence-corrected chi connectivity index (χ2v) is 11.2. The number of H-pyrrole nitrogens is 2. The maximum atomic E-state index is 13.3. The summed E-state index contributed by atoms with van der Waals surface area (Å²) in [6.07, 6.45) is 4.25. The summed E-state index contributed by atoms with van der Waals surface area (Å²) in [5.41, 5.74) is 19.9. The van der Waals surface area contributed by atoms with E-state index in [1.165, 1.54) is 0 Å². The fraction of sp³-hybridized carbons (Fsp3) is 0.312. The number of nitrogens with zero attached hydrogens (tertiary/aromatic N) is 1. The van der Waals surface area contributed by atoms with Gasteiger partial charge < -0.3 is 53.5 Å². The number of nitrogens with two attached hydrogens (primary N) is 3. The number of benzene rings is 2. The number of aromatic nitrogens is 2. The lowest BCUT2D eigenvalue weighted by molar-refractivity contribution is -0.141. The van der Waals surface area contributed by atoms with E-state index in [1.807, 2.05) is 48.5 Å². The minimum absolute atomic E-state index is 0.0263. The van der Waals surface area contributed by atoms with Crippen molar-refractivity contribution in [3.8, 4) is 0 Å². The molecule has 4 aromatic rings. The maximum absolute atomic E-state index is 13.3. The van der Waals surface area contributed by atoms with Crippen LogP contribution in [0, 0.1) is 0 Å². The van der Waals surface area contributed by atoms with Crippen molar-refractivity contribution in [1.29, 1.82) is 0 Å². The molecule has 0 bridgehead atoms. The number of amides is 4. The Morgan fingerprint density at radius 2 is 1.31 bits per heavy atom. The van der Waals surface area contributed by atoms with Gasteiger partial charge in [-0.15, -0.1) is 0 Å². The Kier molecular flexibility index (Phi) is 12.1. The monoisotopic (exact) mass is 660 g/mol. The average molecular weight is 661 g/mol. The summed E-state index contributed by atoms with van der Waals surface area (Å²) in [4.78, 5) is 73.2. The van der Waals surface area contributed by atoms with Gasteiger partial charge in [0.1, 0.15) is 12.1 Å². The van der Waals surface area contributed by atoms with Gasteiger partial charge in [-0.2, -0.15) is 0 Å². The largest absolute Gasteiger partial charge is 0.480 e. The lowest BCUT2D eigenvalue weighted by Crippen LogP contribution is -2.54. The highest BCUT2D eigenvalue weighted by molar-refractivity contribution is 5.94. The van der Waals surface area contributed by atoms with Crippen LogP contribution < -0.4 is 38.5 Å². The number of aliphatic carboxylic acids is 1. The number of carboxylic acid groups (broad SMARTS) is 1. The van der Waals surface area contributed by atoms with Gasteiger partial charge >= 0.3 is 5.97 Å². The summed E-state index contributed by atoms with van der Waals surface area (Å²) in [5.74, 6) is -3.94. The Hall–Kier alpha value is -5.90. The zero-order valence-corrected chi connectivity index (χ0v) is 26.1. The van der Waals surface area contributed by atoms with Crippen molar-refractivity contribution in [3.63, 3.8) is 0 Å². The SMILES string of the molecule is NC(N)=NCCC[C@H](N)C(=O)N[C@@H](Cc1c[nH]c2ccccc12)C(=O)NCC(=O)NCC(=O)N[C@@H](Cc1c[nH]c2ccccc12)C(=O)O. The molecule has 0 saturated heterocycles. The molecule has 0 saturated carbocycles. The van der Waals surface area contributed by atoms with E-state index >= 15 is 0 Å². The van der Waals surface area contributed by atoms with Crippen LogP contribution in [0.4, 0.5) is 0 Å². The predicted octanol–water partition coefficient (Wildman–Crippen LogP) is -0.898. The average Bonchev–Trinajstić information content (AvgIpc) is 3.67. The summed E-state index contributed by atoms with van der Waals surface area (Å²) in [5, 5.41) is 21.3. The van der Waals surface area contributed by atoms with E-state index < -0.39 is 60.8 Å². The summed E-state index contributed by atoms with van der Waals surface area (Å²) in [6, 6.07) is 11.6. The predicted molar refractivity (Wildman–Crippen MR) is 179 cm³/mol. The van der Waals surface area contributed by atoms with Gasteiger partial charge in [0, 0.05) is 53.6 Å². The van der Waals surface area contributed by atoms with Gasteiger partial charge in [0.05, 0.1) is 19.1 Å². The first-order valence-electron chi connectivity index (χ1n) is 15.3. The first kappa shape index (κ1) is 35.0. The molecule has 3 atom stereocenters. The van der Waals surface area contributed by atoms with Gasteiger partial charge in [0.15, 0.2) is 5.96 Å². The number of fused-ring (bicyclic) bond motifs is 2. The third-order valence-electron chi connectivity index (χ3n) is 7.64. The summed E-state index contributed by atoms with van der Waals surface area (Å²) < 4.78 is 0. The Morgan fingerprint density at radius 3 is 1.90 bits per heavy atom. The fourth-order valence-corrected chi connectivity index (χ4v) is 5.16. The van der Waals surface area contributed by atoms with E-state index in [2.05, 4.69) is 36.2 Å². The number of carboxylic acids is 1. The third kappa shape index (κ3) is 9.80. The lowest BCUT2D eigenvalue weighted by atomic mass is 10.0. The van der Waals surface area contributed by atoms with Crippen LogP contribution in [0.3, 0.4) is 0 Å². The first-order chi connectivity index (χ1) is 23.0. The molecule has 2 heterocycles. The number of hydrogen-bond acceptors (Lipinski definition) is 7. The number of guanidine groups is 1. The maximum Gasteiger partial charge on any atom is 0.326 e. The standard InChI is InChI=1S/C32H40N10O6/c33-22(8-5-11-36-32(34)35)29(45)42-25(12-18-14-37-23-9-3-1-6-20(18)23)30(46)40-16-27(43)39-17-28(44)41-26(31(47)48)13-19-15-38-24-10-4-2-7-21(19)24/h1-4,6-7,9-10,14-15,22,25-26,37-38H,5,8,11-13,16-17,33H2,(H,39,43)(H,40,46)(H,41,44)(H,42,45)(H,47,48)(H4,34,35,36)/t22-,25-,26-/m0/s1. The first-order valence-corrected chi connectivity index (χ1v) is 15.3. The zero-order valence-electron chi connectivity index (χ0n) is 26.1. The molecule has 16 nitrogen and oxygen atoms in total. The summed E-state index contributed by atoms with van der Waals surface area (Å²) in [6.45, 7) is -0.734. The van der Waals surface area contributed by atoms with Crippen molar-refractivity contribution in [3.05, 3.63) is 72.1 Å². The number of para-hydroxylation sites is 2. The van der Waals surface area contributed by atoms with Crippen LogP contribution in [0.15, 0.2) is 65.9 Å². The number of carbonyl (C=O) groups is 5. The molecule has 254 valence electrons. The molecule has 2 aromatic carbocycles. The number of aliphatic imine (C=N–C) groups is 1. The van der Waals surface area contributed by atoms with Gasteiger partial charge in [-0.25, -0.2) is 4.79 Å². The Morgan fingerprint density at radius 1 is 0.750 bits per heavy atom. The van der Waals surface area contributed by atoms with E-state index in [1.54, 1.807) is 12.4 Å². The second kappa shape index (κ2) is 16.6. The van der Waals surface area contributed by atoms with Crippen LogP contribution in [-0.4, -0.2) is 88.4 Å². The molecule has 0 aliphatic carbocycles.